The molecule has 0 amide bonds. The Morgan fingerprint density at radius 1 is 1.25 bits per heavy atom. The van der Waals surface area contributed by atoms with Gasteiger partial charge in [-0.3, -0.25) is 9.69 Å². The fourth-order valence-electron chi connectivity index (χ4n) is 3.24. The first-order valence-electron chi connectivity index (χ1n) is 8.38. The second-order valence-electron chi connectivity index (χ2n) is 6.28. The van der Waals surface area contributed by atoms with Crippen LogP contribution in [0.25, 0.3) is 0 Å². The first kappa shape index (κ1) is 16.7. The van der Waals surface area contributed by atoms with E-state index in [2.05, 4.69) is 29.2 Å². The van der Waals surface area contributed by atoms with Crippen molar-refractivity contribution in [2.45, 2.75) is 32.5 Å². The minimum absolute atomic E-state index is 0.194. The number of methoxy groups -OCH3 is 1. The molecule has 0 unspecified atom stereocenters. The molecule has 2 aromatic rings. The van der Waals surface area contributed by atoms with Crippen molar-refractivity contribution in [2.24, 2.45) is 0 Å². The number of aromatic hydroxyl groups is 1. The van der Waals surface area contributed by atoms with E-state index >= 15 is 0 Å². The van der Waals surface area contributed by atoms with Gasteiger partial charge in [0.15, 0.2) is 5.75 Å². The summed E-state index contributed by atoms with van der Waals surface area (Å²) in [6.07, 6.45) is 3.42. The molecule has 0 atom stereocenters. The Balaban J connectivity index is 1.77. The van der Waals surface area contributed by atoms with Crippen molar-refractivity contribution in [3.63, 3.8) is 0 Å². The van der Waals surface area contributed by atoms with E-state index in [-0.39, 0.29) is 11.2 Å². The summed E-state index contributed by atoms with van der Waals surface area (Å²) in [7, 11) is 1.68. The monoisotopic (exact) mass is 328 g/mol. The molecule has 1 aliphatic heterocycles. The Labute approximate surface area is 142 Å². The van der Waals surface area contributed by atoms with E-state index < -0.39 is 0 Å². The van der Waals surface area contributed by atoms with Gasteiger partial charge in [0.05, 0.1) is 6.20 Å². The maximum atomic E-state index is 11.9. The Kier molecular flexibility index (Phi) is 5.33. The summed E-state index contributed by atoms with van der Waals surface area (Å²) < 4.78 is 7.07. The average molecular weight is 328 g/mol. The third-order valence-electron chi connectivity index (χ3n) is 4.54. The quantitative estimate of drug-likeness (QED) is 0.826. The van der Waals surface area contributed by atoms with E-state index in [9.17, 15) is 9.90 Å². The molecule has 24 heavy (non-hydrogen) atoms. The highest BCUT2D eigenvalue weighted by atomic mass is 16.5. The minimum Gasteiger partial charge on any atom is -0.503 e. The maximum absolute atomic E-state index is 11.9. The average Bonchev–Trinajstić information content (AvgIpc) is 2.59. The molecule has 0 saturated heterocycles. The van der Waals surface area contributed by atoms with Crippen LogP contribution in [0.1, 0.15) is 23.2 Å². The highest BCUT2D eigenvalue weighted by Crippen LogP contribution is 2.20. The lowest BCUT2D eigenvalue weighted by molar-refractivity contribution is 0.188. The third kappa shape index (κ3) is 3.86. The zero-order valence-corrected chi connectivity index (χ0v) is 14.1. The summed E-state index contributed by atoms with van der Waals surface area (Å²) >= 11 is 0. The third-order valence-corrected chi connectivity index (χ3v) is 4.54. The summed E-state index contributed by atoms with van der Waals surface area (Å²) in [6.45, 7) is 3.95. The van der Waals surface area contributed by atoms with Crippen molar-refractivity contribution in [3.8, 4) is 5.75 Å². The van der Waals surface area contributed by atoms with Crippen molar-refractivity contribution in [2.75, 3.05) is 20.3 Å². The van der Waals surface area contributed by atoms with E-state index in [0.29, 0.717) is 13.2 Å². The standard InChI is InChI=1S/C19H24N2O3/c1-24-10-4-8-21-14-19(23)18(22)11-17(21)13-20-9-7-15-5-2-3-6-16(15)12-20/h2-3,5-6,11,14,23H,4,7-10,12-13H2,1H3. The summed E-state index contributed by atoms with van der Waals surface area (Å²) in [5.41, 5.74) is 3.39. The first-order valence-corrected chi connectivity index (χ1v) is 8.38. The molecule has 0 fully saturated rings. The molecule has 0 bridgehead atoms. The second-order valence-corrected chi connectivity index (χ2v) is 6.28. The van der Waals surface area contributed by atoms with Crippen LogP contribution in [0.3, 0.4) is 0 Å². The molecule has 0 spiro atoms. The minimum atomic E-state index is -0.314. The molecule has 5 heteroatoms. The number of hydrogen-bond donors (Lipinski definition) is 1. The Morgan fingerprint density at radius 3 is 2.83 bits per heavy atom. The number of pyridine rings is 1. The van der Waals surface area contributed by atoms with Gasteiger partial charge >= 0.3 is 0 Å². The number of rotatable bonds is 6. The number of fused-ring (bicyclic) bond motifs is 1. The molecule has 0 saturated carbocycles. The summed E-state index contributed by atoms with van der Waals surface area (Å²) in [5, 5.41) is 9.74. The Bertz CT molecular complexity index is 755. The molecule has 3 rings (SSSR count). The molecule has 1 aromatic heterocycles. The molecule has 0 radical (unpaired) electrons. The predicted molar refractivity (Wildman–Crippen MR) is 93.1 cm³/mol. The van der Waals surface area contributed by atoms with Crippen LogP contribution in [-0.2, 0) is 30.8 Å². The van der Waals surface area contributed by atoms with Gasteiger partial charge in [0.2, 0.25) is 5.43 Å². The normalized spacial score (nSPS) is 14.5. The molecule has 1 N–H and O–H groups in total. The Hall–Kier alpha value is -2.11. The summed E-state index contributed by atoms with van der Waals surface area (Å²) in [5.74, 6) is -0.194. The Morgan fingerprint density at radius 2 is 2.04 bits per heavy atom. The highest BCUT2D eigenvalue weighted by molar-refractivity contribution is 5.29. The molecule has 1 aromatic carbocycles. The lowest BCUT2D eigenvalue weighted by Crippen LogP contribution is -2.31. The largest absolute Gasteiger partial charge is 0.503 e. The molecule has 128 valence electrons. The highest BCUT2D eigenvalue weighted by Gasteiger charge is 2.17. The molecular weight excluding hydrogens is 304 g/mol. The van der Waals surface area contributed by atoms with Gasteiger partial charge in [-0.15, -0.1) is 0 Å². The lowest BCUT2D eigenvalue weighted by Gasteiger charge is -2.29. The van der Waals surface area contributed by atoms with Crippen LogP contribution in [0.15, 0.2) is 41.3 Å². The number of nitrogens with zero attached hydrogens (tertiary/aromatic N) is 2. The number of benzene rings is 1. The molecular formula is C19H24N2O3. The van der Waals surface area contributed by atoms with Crippen molar-refractivity contribution < 1.29 is 9.84 Å². The SMILES string of the molecule is COCCCn1cc(O)c(=O)cc1CN1CCc2ccccc2C1. The van der Waals surface area contributed by atoms with Crippen LogP contribution in [0.5, 0.6) is 5.75 Å². The van der Waals surface area contributed by atoms with Gasteiger partial charge in [-0.05, 0) is 24.0 Å². The van der Waals surface area contributed by atoms with Crippen LogP contribution >= 0.6 is 0 Å². The van der Waals surface area contributed by atoms with Crippen LogP contribution in [-0.4, -0.2) is 34.8 Å². The zero-order chi connectivity index (χ0) is 16.9. The maximum Gasteiger partial charge on any atom is 0.223 e. The van der Waals surface area contributed by atoms with E-state index in [4.69, 9.17) is 4.74 Å². The van der Waals surface area contributed by atoms with Crippen LogP contribution in [0.2, 0.25) is 0 Å². The molecule has 0 aliphatic carbocycles. The van der Waals surface area contributed by atoms with Crippen LogP contribution in [0, 0.1) is 0 Å². The lowest BCUT2D eigenvalue weighted by atomic mass is 10.00. The molecule has 1 aliphatic rings. The topological polar surface area (TPSA) is 54.7 Å². The van der Waals surface area contributed by atoms with Crippen LogP contribution in [0.4, 0.5) is 0 Å². The van der Waals surface area contributed by atoms with Crippen molar-refractivity contribution >= 4 is 0 Å². The van der Waals surface area contributed by atoms with Gasteiger partial charge in [0.1, 0.15) is 0 Å². The van der Waals surface area contributed by atoms with E-state index in [1.165, 1.54) is 11.1 Å². The fourth-order valence-corrected chi connectivity index (χ4v) is 3.24. The fraction of sp³-hybridized carbons (Fsp3) is 0.421. The number of ether oxygens (including phenoxy) is 1. The van der Waals surface area contributed by atoms with Gasteiger partial charge in [-0.1, -0.05) is 24.3 Å². The van der Waals surface area contributed by atoms with E-state index in [1.807, 2.05) is 4.57 Å². The van der Waals surface area contributed by atoms with Crippen LogP contribution < -0.4 is 5.43 Å². The van der Waals surface area contributed by atoms with E-state index in [1.54, 1.807) is 19.4 Å². The van der Waals surface area contributed by atoms with Gasteiger partial charge in [-0.2, -0.15) is 0 Å². The number of hydrogen-bond acceptors (Lipinski definition) is 4. The first-order chi connectivity index (χ1) is 11.7. The summed E-state index contributed by atoms with van der Waals surface area (Å²) in [4.78, 5) is 14.2. The van der Waals surface area contributed by atoms with Crippen molar-refractivity contribution in [1.82, 2.24) is 9.47 Å². The zero-order valence-electron chi connectivity index (χ0n) is 14.1. The van der Waals surface area contributed by atoms with Crippen molar-refractivity contribution in [1.29, 1.82) is 0 Å². The predicted octanol–water partition coefficient (Wildman–Crippen LogP) is 2.15. The van der Waals surface area contributed by atoms with E-state index in [0.717, 1.165) is 38.2 Å². The smallest absolute Gasteiger partial charge is 0.223 e. The van der Waals surface area contributed by atoms with Gasteiger partial charge < -0.3 is 14.4 Å². The van der Waals surface area contributed by atoms with Gasteiger partial charge in [-0.25, -0.2) is 0 Å². The molecule has 2 heterocycles. The molecule has 5 nitrogen and oxygen atoms in total. The van der Waals surface area contributed by atoms with Gasteiger partial charge in [0, 0.05) is 51.7 Å². The summed E-state index contributed by atoms with van der Waals surface area (Å²) in [6, 6.07) is 10.1. The number of aromatic nitrogens is 1. The number of aryl methyl sites for hydroxylation is 1. The van der Waals surface area contributed by atoms with Gasteiger partial charge in [0.25, 0.3) is 0 Å². The second kappa shape index (κ2) is 7.64. The van der Waals surface area contributed by atoms with Crippen molar-refractivity contribution in [3.05, 3.63) is 63.6 Å².